The maximum Gasteiger partial charge on any atom is 0.416 e. The van der Waals surface area contributed by atoms with Crippen LogP contribution in [-0.4, -0.2) is 19.0 Å². The standard InChI is InChI=1S/C10H11F3O3/c1-15-6-16-9-3-2-8(10(11,12)13)4-7(9)5-14/h2-4,14H,5-6H2,1H3. The van der Waals surface area contributed by atoms with Crippen molar-refractivity contribution in [3.63, 3.8) is 0 Å². The Hall–Kier alpha value is -1.27. The molecule has 1 aromatic rings. The second-order valence-corrected chi connectivity index (χ2v) is 3.03. The average molecular weight is 236 g/mol. The zero-order valence-corrected chi connectivity index (χ0v) is 8.54. The predicted molar refractivity (Wildman–Crippen MR) is 49.9 cm³/mol. The molecule has 0 bridgehead atoms. The Bertz CT molecular complexity index is 350. The summed E-state index contributed by atoms with van der Waals surface area (Å²) in [4.78, 5) is 0. The number of methoxy groups -OCH3 is 1. The van der Waals surface area contributed by atoms with Gasteiger partial charge in [0.1, 0.15) is 5.75 Å². The fraction of sp³-hybridized carbons (Fsp3) is 0.400. The highest BCUT2D eigenvalue weighted by Gasteiger charge is 2.31. The summed E-state index contributed by atoms with van der Waals surface area (Å²) in [6.45, 7) is -0.610. The molecule has 0 saturated heterocycles. The molecule has 6 heteroatoms. The van der Waals surface area contributed by atoms with Crippen LogP contribution in [0, 0.1) is 0 Å². The lowest BCUT2D eigenvalue weighted by Crippen LogP contribution is -2.07. The Morgan fingerprint density at radius 1 is 1.31 bits per heavy atom. The van der Waals surface area contributed by atoms with E-state index in [9.17, 15) is 13.2 Å². The lowest BCUT2D eigenvalue weighted by atomic mass is 10.1. The van der Waals surface area contributed by atoms with Gasteiger partial charge in [-0.2, -0.15) is 13.2 Å². The van der Waals surface area contributed by atoms with Gasteiger partial charge in [0, 0.05) is 12.7 Å². The van der Waals surface area contributed by atoms with E-state index in [-0.39, 0.29) is 18.1 Å². The van der Waals surface area contributed by atoms with E-state index in [1.54, 1.807) is 0 Å². The Balaban J connectivity index is 2.97. The first-order valence-electron chi connectivity index (χ1n) is 4.41. The number of aliphatic hydroxyl groups is 1. The molecule has 0 heterocycles. The van der Waals surface area contributed by atoms with Crippen LogP contribution in [0.1, 0.15) is 11.1 Å². The topological polar surface area (TPSA) is 38.7 Å². The molecule has 0 spiro atoms. The highest BCUT2D eigenvalue weighted by molar-refractivity contribution is 5.37. The van der Waals surface area contributed by atoms with E-state index in [0.717, 1.165) is 18.2 Å². The second kappa shape index (κ2) is 5.18. The van der Waals surface area contributed by atoms with Crippen LogP contribution in [0.15, 0.2) is 18.2 Å². The summed E-state index contributed by atoms with van der Waals surface area (Å²) in [5.74, 6) is 0.178. The molecular formula is C10H11F3O3. The summed E-state index contributed by atoms with van der Waals surface area (Å²) in [5, 5.41) is 8.92. The molecule has 0 aliphatic rings. The van der Waals surface area contributed by atoms with E-state index in [1.807, 2.05) is 0 Å². The van der Waals surface area contributed by atoms with Gasteiger partial charge < -0.3 is 14.6 Å². The Labute approximate surface area is 90.4 Å². The molecule has 0 saturated carbocycles. The van der Waals surface area contributed by atoms with Gasteiger partial charge in [0.25, 0.3) is 0 Å². The van der Waals surface area contributed by atoms with Crippen molar-refractivity contribution in [2.24, 2.45) is 0 Å². The van der Waals surface area contributed by atoms with Crippen molar-refractivity contribution < 1.29 is 27.8 Å². The van der Waals surface area contributed by atoms with Crippen LogP contribution in [0.4, 0.5) is 13.2 Å². The summed E-state index contributed by atoms with van der Waals surface area (Å²) in [7, 11) is 1.39. The lowest BCUT2D eigenvalue weighted by Gasteiger charge is -2.12. The molecule has 0 aliphatic carbocycles. The number of hydrogen-bond acceptors (Lipinski definition) is 3. The molecule has 0 fully saturated rings. The minimum absolute atomic E-state index is 0.0758. The minimum Gasteiger partial charge on any atom is -0.467 e. The van der Waals surface area contributed by atoms with Crippen LogP contribution in [0.3, 0.4) is 0 Å². The summed E-state index contributed by atoms with van der Waals surface area (Å²) in [6, 6.07) is 2.91. The first-order valence-corrected chi connectivity index (χ1v) is 4.41. The fourth-order valence-electron chi connectivity index (χ4n) is 1.14. The van der Waals surface area contributed by atoms with Crippen LogP contribution < -0.4 is 4.74 Å². The number of alkyl halides is 3. The van der Waals surface area contributed by atoms with Crippen LogP contribution in [0.5, 0.6) is 5.75 Å². The predicted octanol–water partition coefficient (Wildman–Crippen LogP) is 2.18. The molecule has 0 radical (unpaired) electrons. The van der Waals surface area contributed by atoms with Gasteiger partial charge in [0.15, 0.2) is 6.79 Å². The van der Waals surface area contributed by atoms with Gasteiger partial charge in [0.05, 0.1) is 12.2 Å². The molecule has 0 amide bonds. The number of aliphatic hydroxyl groups excluding tert-OH is 1. The number of benzene rings is 1. The molecule has 16 heavy (non-hydrogen) atoms. The van der Waals surface area contributed by atoms with Crippen LogP contribution in [0.2, 0.25) is 0 Å². The zero-order chi connectivity index (χ0) is 12.2. The Kier molecular flexibility index (Phi) is 4.14. The van der Waals surface area contributed by atoms with E-state index >= 15 is 0 Å². The third-order valence-electron chi connectivity index (χ3n) is 1.89. The molecule has 1 aromatic carbocycles. The number of hydrogen-bond donors (Lipinski definition) is 1. The minimum atomic E-state index is -4.43. The summed E-state index contributed by atoms with van der Waals surface area (Å²) < 4.78 is 46.6. The van der Waals surface area contributed by atoms with Crippen LogP contribution in [0.25, 0.3) is 0 Å². The molecule has 1 rings (SSSR count). The van der Waals surface area contributed by atoms with E-state index in [0.29, 0.717) is 0 Å². The maximum absolute atomic E-state index is 12.3. The molecule has 1 N–H and O–H groups in total. The normalized spacial score (nSPS) is 11.6. The molecule has 0 aliphatic heterocycles. The highest BCUT2D eigenvalue weighted by atomic mass is 19.4. The van der Waals surface area contributed by atoms with Gasteiger partial charge in [-0.15, -0.1) is 0 Å². The van der Waals surface area contributed by atoms with Gasteiger partial charge in [-0.25, -0.2) is 0 Å². The van der Waals surface area contributed by atoms with E-state index in [2.05, 4.69) is 4.74 Å². The van der Waals surface area contributed by atoms with Gasteiger partial charge in [-0.05, 0) is 18.2 Å². The molecular weight excluding hydrogens is 225 g/mol. The third kappa shape index (κ3) is 3.11. The van der Waals surface area contributed by atoms with Gasteiger partial charge in [-0.1, -0.05) is 0 Å². The average Bonchev–Trinajstić information content (AvgIpc) is 2.24. The second-order valence-electron chi connectivity index (χ2n) is 3.03. The molecule has 90 valence electrons. The SMILES string of the molecule is COCOc1ccc(C(F)(F)F)cc1CO. The summed E-state index contributed by atoms with van der Waals surface area (Å²) >= 11 is 0. The first-order chi connectivity index (χ1) is 7.49. The Morgan fingerprint density at radius 3 is 2.50 bits per heavy atom. The monoisotopic (exact) mass is 236 g/mol. The zero-order valence-electron chi connectivity index (χ0n) is 8.54. The van der Waals surface area contributed by atoms with Crippen molar-refractivity contribution in [2.45, 2.75) is 12.8 Å². The van der Waals surface area contributed by atoms with Crippen molar-refractivity contribution in [1.29, 1.82) is 0 Å². The van der Waals surface area contributed by atoms with E-state index < -0.39 is 18.3 Å². The van der Waals surface area contributed by atoms with Gasteiger partial charge in [0.2, 0.25) is 0 Å². The fourth-order valence-corrected chi connectivity index (χ4v) is 1.14. The van der Waals surface area contributed by atoms with Crippen molar-refractivity contribution >= 4 is 0 Å². The van der Waals surface area contributed by atoms with Crippen molar-refractivity contribution in [2.75, 3.05) is 13.9 Å². The summed E-state index contributed by atoms with van der Waals surface area (Å²) in [6.07, 6.45) is -4.43. The van der Waals surface area contributed by atoms with Gasteiger partial charge >= 0.3 is 6.18 Å². The number of rotatable bonds is 4. The molecule has 3 nitrogen and oxygen atoms in total. The van der Waals surface area contributed by atoms with Crippen molar-refractivity contribution in [1.82, 2.24) is 0 Å². The van der Waals surface area contributed by atoms with Crippen LogP contribution in [-0.2, 0) is 17.5 Å². The maximum atomic E-state index is 12.3. The quantitative estimate of drug-likeness (QED) is 0.814. The van der Waals surface area contributed by atoms with Crippen molar-refractivity contribution in [3.05, 3.63) is 29.3 Å². The van der Waals surface area contributed by atoms with Gasteiger partial charge in [-0.3, -0.25) is 0 Å². The molecule has 0 aromatic heterocycles. The van der Waals surface area contributed by atoms with Crippen molar-refractivity contribution in [3.8, 4) is 5.75 Å². The number of halogens is 3. The molecule has 0 atom stereocenters. The lowest BCUT2D eigenvalue weighted by molar-refractivity contribution is -0.137. The Morgan fingerprint density at radius 2 is 2.00 bits per heavy atom. The van der Waals surface area contributed by atoms with Crippen LogP contribution >= 0.6 is 0 Å². The first kappa shape index (κ1) is 12.8. The van der Waals surface area contributed by atoms with E-state index in [1.165, 1.54) is 7.11 Å². The third-order valence-corrected chi connectivity index (χ3v) is 1.89. The number of ether oxygens (including phenoxy) is 2. The summed E-state index contributed by atoms with van der Waals surface area (Å²) in [5.41, 5.74) is -0.742. The smallest absolute Gasteiger partial charge is 0.416 e. The van der Waals surface area contributed by atoms with E-state index in [4.69, 9.17) is 9.84 Å². The molecule has 0 unspecified atom stereocenters. The largest absolute Gasteiger partial charge is 0.467 e. The highest BCUT2D eigenvalue weighted by Crippen LogP contribution is 2.32.